The zero-order valence-electron chi connectivity index (χ0n) is 13.2. The van der Waals surface area contributed by atoms with E-state index in [1.54, 1.807) is 30.2 Å². The first-order valence-corrected chi connectivity index (χ1v) is 9.85. The van der Waals surface area contributed by atoms with Gasteiger partial charge < -0.3 is 15.4 Å². The third kappa shape index (κ3) is 8.75. The highest BCUT2D eigenvalue weighted by atomic mass is 127. The number of hydrogen-bond donors (Lipinski definition) is 2. The third-order valence-corrected chi connectivity index (χ3v) is 5.87. The predicted octanol–water partition coefficient (Wildman–Crippen LogP) is 0.185. The molecule has 0 amide bonds. The molecule has 0 unspecified atom stereocenters. The molecule has 0 saturated carbocycles. The van der Waals surface area contributed by atoms with Gasteiger partial charge in [-0.15, -0.1) is 24.0 Å². The van der Waals surface area contributed by atoms with Gasteiger partial charge in [-0.2, -0.15) is 11.8 Å². The van der Waals surface area contributed by atoms with Gasteiger partial charge in [0.1, 0.15) is 0 Å². The summed E-state index contributed by atoms with van der Waals surface area (Å²) in [6.07, 6.45) is 0.876. The normalized spacial score (nSPS) is 16.9. The van der Waals surface area contributed by atoms with Gasteiger partial charge in [0.2, 0.25) is 10.0 Å². The van der Waals surface area contributed by atoms with Crippen LogP contribution in [0.25, 0.3) is 0 Å². The summed E-state index contributed by atoms with van der Waals surface area (Å²) in [4.78, 5) is 4.06. The van der Waals surface area contributed by atoms with Crippen LogP contribution in [0.4, 0.5) is 0 Å². The summed E-state index contributed by atoms with van der Waals surface area (Å²) in [5, 5.41) is 6.15. The molecule has 1 saturated heterocycles. The Morgan fingerprint density at radius 3 is 2.50 bits per heavy atom. The molecule has 0 aromatic carbocycles. The second-order valence-electron chi connectivity index (χ2n) is 4.60. The smallest absolute Gasteiger partial charge is 0.215 e. The summed E-state index contributed by atoms with van der Waals surface area (Å²) < 4.78 is 30.9. The van der Waals surface area contributed by atoms with E-state index in [0.29, 0.717) is 32.2 Å². The lowest BCUT2D eigenvalue weighted by Gasteiger charge is -2.25. The molecule has 1 fully saturated rings. The van der Waals surface area contributed by atoms with Crippen molar-refractivity contribution in [1.29, 1.82) is 0 Å². The van der Waals surface area contributed by atoms with Crippen LogP contribution in [0.1, 0.15) is 6.42 Å². The Hall–Kier alpha value is 0.220. The van der Waals surface area contributed by atoms with Crippen molar-refractivity contribution < 1.29 is 13.2 Å². The fraction of sp³-hybridized carbons (Fsp3) is 0.917. The molecule has 0 bridgehead atoms. The Balaban J connectivity index is 0.00000441. The zero-order valence-corrected chi connectivity index (χ0v) is 17.2. The molecule has 22 heavy (non-hydrogen) atoms. The van der Waals surface area contributed by atoms with Crippen LogP contribution in [0.3, 0.4) is 0 Å². The number of sulfonamides is 1. The number of thioether (sulfide) groups is 1. The van der Waals surface area contributed by atoms with Gasteiger partial charge in [-0.25, -0.2) is 12.7 Å². The minimum Gasteiger partial charge on any atom is -0.385 e. The van der Waals surface area contributed by atoms with Gasteiger partial charge in [-0.05, 0) is 6.42 Å². The van der Waals surface area contributed by atoms with E-state index in [2.05, 4.69) is 15.6 Å². The zero-order chi connectivity index (χ0) is 15.6. The summed E-state index contributed by atoms with van der Waals surface area (Å²) in [5.41, 5.74) is 0. The van der Waals surface area contributed by atoms with Crippen molar-refractivity contribution >= 4 is 51.7 Å². The molecule has 0 aliphatic carbocycles. The molecule has 1 rings (SSSR count). The maximum atomic E-state index is 12.2. The molecule has 1 heterocycles. The van der Waals surface area contributed by atoms with Crippen molar-refractivity contribution in [3.63, 3.8) is 0 Å². The van der Waals surface area contributed by atoms with E-state index in [9.17, 15) is 8.42 Å². The number of aliphatic imine (C=N–C) groups is 1. The van der Waals surface area contributed by atoms with E-state index in [1.165, 1.54) is 0 Å². The first-order valence-electron chi connectivity index (χ1n) is 7.09. The van der Waals surface area contributed by atoms with E-state index in [0.717, 1.165) is 24.5 Å². The van der Waals surface area contributed by atoms with Crippen LogP contribution in [0, 0.1) is 0 Å². The minimum absolute atomic E-state index is 0. The number of halogens is 1. The molecular formula is C12H27IN4O3S2. The Morgan fingerprint density at radius 2 is 1.91 bits per heavy atom. The lowest BCUT2D eigenvalue weighted by atomic mass is 10.4. The first-order chi connectivity index (χ1) is 10.1. The first kappa shape index (κ1) is 22.2. The molecule has 0 aromatic heterocycles. The second kappa shape index (κ2) is 12.6. The van der Waals surface area contributed by atoms with Crippen LogP contribution in [0.5, 0.6) is 0 Å². The number of nitrogens with zero attached hydrogens (tertiary/aromatic N) is 2. The molecule has 0 spiro atoms. The fourth-order valence-electron chi connectivity index (χ4n) is 1.90. The Labute approximate surface area is 155 Å². The van der Waals surface area contributed by atoms with Gasteiger partial charge in [0, 0.05) is 58.4 Å². The Kier molecular flexibility index (Phi) is 12.7. The van der Waals surface area contributed by atoms with Crippen molar-refractivity contribution in [3.8, 4) is 0 Å². The van der Waals surface area contributed by atoms with Gasteiger partial charge in [0.15, 0.2) is 5.96 Å². The van der Waals surface area contributed by atoms with Crippen molar-refractivity contribution in [3.05, 3.63) is 0 Å². The standard InChI is InChI=1S/C12H26N4O3S2.HI/c1-13-12(14-4-3-8-19-2)15-5-11-21(17,18)16-6-9-20-10-7-16;/h3-11H2,1-2H3,(H2,13,14,15);1H. The van der Waals surface area contributed by atoms with Gasteiger partial charge in [-0.1, -0.05) is 0 Å². The third-order valence-electron chi connectivity index (χ3n) is 3.06. The van der Waals surface area contributed by atoms with E-state index in [1.807, 2.05) is 0 Å². The molecule has 0 atom stereocenters. The molecule has 132 valence electrons. The van der Waals surface area contributed by atoms with Crippen LogP contribution < -0.4 is 10.6 Å². The van der Waals surface area contributed by atoms with Crippen LogP contribution in [0.15, 0.2) is 4.99 Å². The van der Waals surface area contributed by atoms with Crippen LogP contribution in [0.2, 0.25) is 0 Å². The summed E-state index contributed by atoms with van der Waals surface area (Å²) in [7, 11) is 0.171. The van der Waals surface area contributed by atoms with Crippen LogP contribution >= 0.6 is 35.7 Å². The average molecular weight is 466 g/mol. The summed E-state index contributed by atoms with van der Waals surface area (Å²) in [6, 6.07) is 0. The highest BCUT2D eigenvalue weighted by molar-refractivity contribution is 14.0. The highest BCUT2D eigenvalue weighted by Crippen LogP contribution is 2.12. The van der Waals surface area contributed by atoms with Crippen LogP contribution in [-0.4, -0.2) is 82.9 Å². The van der Waals surface area contributed by atoms with Gasteiger partial charge in [0.25, 0.3) is 0 Å². The molecule has 2 N–H and O–H groups in total. The van der Waals surface area contributed by atoms with Crippen molar-refractivity contribution in [1.82, 2.24) is 14.9 Å². The average Bonchev–Trinajstić information content (AvgIpc) is 2.50. The summed E-state index contributed by atoms with van der Waals surface area (Å²) in [5.74, 6) is 2.48. The number of rotatable bonds is 8. The Bertz CT molecular complexity index is 415. The van der Waals surface area contributed by atoms with Gasteiger partial charge >= 0.3 is 0 Å². The molecule has 0 radical (unpaired) electrons. The van der Waals surface area contributed by atoms with E-state index in [4.69, 9.17) is 4.74 Å². The highest BCUT2D eigenvalue weighted by Gasteiger charge is 2.23. The topological polar surface area (TPSA) is 83.0 Å². The number of ether oxygens (including phenoxy) is 1. The van der Waals surface area contributed by atoms with E-state index < -0.39 is 10.0 Å². The van der Waals surface area contributed by atoms with Crippen molar-refractivity contribution in [2.75, 3.05) is 64.2 Å². The molecule has 1 aliphatic heterocycles. The number of methoxy groups -OCH3 is 1. The molecule has 10 heteroatoms. The molecule has 1 aliphatic rings. The maximum Gasteiger partial charge on any atom is 0.215 e. The van der Waals surface area contributed by atoms with E-state index in [-0.39, 0.29) is 29.7 Å². The number of hydrogen-bond acceptors (Lipinski definition) is 5. The van der Waals surface area contributed by atoms with Crippen LogP contribution in [-0.2, 0) is 14.8 Å². The van der Waals surface area contributed by atoms with E-state index >= 15 is 0 Å². The number of guanidine groups is 1. The predicted molar refractivity (Wildman–Crippen MR) is 104 cm³/mol. The quantitative estimate of drug-likeness (QED) is 0.230. The SMILES string of the molecule is CN=C(NCCCOC)NCCS(=O)(=O)N1CCSCC1.I. The van der Waals surface area contributed by atoms with Crippen molar-refractivity contribution in [2.45, 2.75) is 6.42 Å². The molecular weight excluding hydrogens is 439 g/mol. The minimum atomic E-state index is -3.16. The number of nitrogens with one attached hydrogen (secondary N) is 2. The maximum absolute atomic E-state index is 12.2. The molecule has 7 nitrogen and oxygen atoms in total. The fourth-order valence-corrected chi connectivity index (χ4v) is 4.39. The second-order valence-corrected chi connectivity index (χ2v) is 7.91. The van der Waals surface area contributed by atoms with Crippen molar-refractivity contribution in [2.24, 2.45) is 4.99 Å². The summed E-state index contributed by atoms with van der Waals surface area (Å²) >= 11 is 1.80. The lowest BCUT2D eigenvalue weighted by molar-refractivity contribution is 0.195. The monoisotopic (exact) mass is 466 g/mol. The Morgan fingerprint density at radius 1 is 1.27 bits per heavy atom. The summed E-state index contributed by atoms with van der Waals surface area (Å²) in [6.45, 7) is 3.03. The molecule has 0 aromatic rings. The lowest BCUT2D eigenvalue weighted by Crippen LogP contribution is -2.44. The largest absolute Gasteiger partial charge is 0.385 e. The van der Waals surface area contributed by atoms with Gasteiger partial charge in [0.05, 0.1) is 5.75 Å². The van der Waals surface area contributed by atoms with Gasteiger partial charge in [-0.3, -0.25) is 4.99 Å².